The number of aromatic nitrogens is 3. The van der Waals surface area contributed by atoms with Crippen molar-refractivity contribution in [3.63, 3.8) is 0 Å². The molecule has 0 spiro atoms. The van der Waals surface area contributed by atoms with Gasteiger partial charge in [-0.15, -0.1) is 0 Å². The third-order valence-corrected chi connectivity index (χ3v) is 3.78. The lowest BCUT2D eigenvalue weighted by Crippen LogP contribution is -2.22. The summed E-state index contributed by atoms with van der Waals surface area (Å²) in [5.41, 5.74) is 1.31. The highest BCUT2D eigenvalue weighted by Crippen LogP contribution is 2.14. The molecule has 5 nitrogen and oxygen atoms in total. The van der Waals surface area contributed by atoms with Crippen LogP contribution in [0.1, 0.15) is 21.1 Å². The smallest absolute Gasteiger partial charge is 0.251 e. The quantitative estimate of drug-likeness (QED) is 0.809. The Labute approximate surface area is 124 Å². The average molecular weight is 307 g/mol. The molecule has 0 saturated carbocycles. The molecular formula is C13H11ClN4OS. The fourth-order valence-corrected chi connectivity index (χ4v) is 2.77. The molecule has 102 valence electrons. The van der Waals surface area contributed by atoms with Gasteiger partial charge in [0.15, 0.2) is 0 Å². The first-order valence-electron chi connectivity index (χ1n) is 5.97. The van der Waals surface area contributed by atoms with Crippen molar-refractivity contribution >= 4 is 33.8 Å². The molecule has 1 amide bonds. The zero-order valence-corrected chi connectivity index (χ0v) is 12.2. The predicted octanol–water partition coefficient (Wildman–Crippen LogP) is 2.68. The molecule has 20 heavy (non-hydrogen) atoms. The van der Waals surface area contributed by atoms with Gasteiger partial charge in [0.1, 0.15) is 5.01 Å². The van der Waals surface area contributed by atoms with Gasteiger partial charge in [0.2, 0.25) is 4.96 Å². The Morgan fingerprint density at radius 3 is 3.10 bits per heavy atom. The number of fused-ring (bicyclic) bond motifs is 1. The van der Waals surface area contributed by atoms with E-state index in [1.807, 2.05) is 13.1 Å². The minimum Gasteiger partial charge on any atom is -0.346 e. The van der Waals surface area contributed by atoms with Crippen molar-refractivity contribution in [2.75, 3.05) is 0 Å². The molecule has 3 rings (SSSR count). The number of imidazole rings is 1. The van der Waals surface area contributed by atoms with Crippen LogP contribution >= 0.6 is 22.9 Å². The lowest BCUT2D eigenvalue weighted by Gasteiger charge is -2.03. The second-order valence-corrected chi connectivity index (χ2v) is 5.87. The highest BCUT2D eigenvalue weighted by Gasteiger charge is 2.09. The van der Waals surface area contributed by atoms with Crippen LogP contribution in [0.4, 0.5) is 0 Å². The lowest BCUT2D eigenvalue weighted by molar-refractivity contribution is 0.0950. The number of carbonyl (C=O) groups is 1. The van der Waals surface area contributed by atoms with Crippen LogP contribution in [-0.2, 0) is 6.54 Å². The molecule has 2 heterocycles. The van der Waals surface area contributed by atoms with Gasteiger partial charge in [-0.1, -0.05) is 29.0 Å². The molecule has 0 saturated heterocycles. The topological polar surface area (TPSA) is 59.3 Å². The monoisotopic (exact) mass is 306 g/mol. The number of hydrogen-bond donors (Lipinski definition) is 1. The number of amides is 1. The summed E-state index contributed by atoms with van der Waals surface area (Å²) in [5.74, 6) is -0.173. The van der Waals surface area contributed by atoms with Crippen molar-refractivity contribution in [1.82, 2.24) is 19.9 Å². The number of aryl methyl sites for hydroxylation is 1. The first-order chi connectivity index (χ1) is 9.61. The molecule has 0 aliphatic carbocycles. The van der Waals surface area contributed by atoms with Crippen molar-refractivity contribution in [2.45, 2.75) is 13.5 Å². The van der Waals surface area contributed by atoms with Crippen LogP contribution in [0.15, 0.2) is 30.5 Å². The summed E-state index contributed by atoms with van der Waals surface area (Å²) in [6.45, 7) is 2.29. The Kier molecular flexibility index (Phi) is 3.42. The van der Waals surface area contributed by atoms with Gasteiger partial charge in [-0.05, 0) is 25.1 Å². The first kappa shape index (κ1) is 13.1. The van der Waals surface area contributed by atoms with Crippen LogP contribution < -0.4 is 5.32 Å². The van der Waals surface area contributed by atoms with E-state index in [0.717, 1.165) is 15.7 Å². The zero-order chi connectivity index (χ0) is 14.1. The van der Waals surface area contributed by atoms with Gasteiger partial charge >= 0.3 is 0 Å². The number of halogens is 1. The molecular weight excluding hydrogens is 296 g/mol. The third-order valence-electron chi connectivity index (χ3n) is 2.71. The van der Waals surface area contributed by atoms with Gasteiger partial charge in [0.05, 0.1) is 18.4 Å². The summed E-state index contributed by atoms with van der Waals surface area (Å²) in [5, 5.41) is 8.59. The van der Waals surface area contributed by atoms with E-state index in [-0.39, 0.29) is 5.91 Å². The van der Waals surface area contributed by atoms with E-state index in [9.17, 15) is 4.79 Å². The summed E-state index contributed by atoms with van der Waals surface area (Å²) in [6, 6.07) is 6.83. The van der Waals surface area contributed by atoms with Gasteiger partial charge in [0.25, 0.3) is 5.91 Å². The van der Waals surface area contributed by atoms with Crippen LogP contribution in [0.2, 0.25) is 5.02 Å². The van der Waals surface area contributed by atoms with Crippen molar-refractivity contribution in [1.29, 1.82) is 0 Å². The van der Waals surface area contributed by atoms with E-state index < -0.39 is 0 Å². The van der Waals surface area contributed by atoms with E-state index in [0.29, 0.717) is 17.1 Å². The van der Waals surface area contributed by atoms with E-state index in [1.54, 1.807) is 28.8 Å². The largest absolute Gasteiger partial charge is 0.346 e. The average Bonchev–Trinajstić information content (AvgIpc) is 2.92. The van der Waals surface area contributed by atoms with E-state index in [4.69, 9.17) is 11.6 Å². The van der Waals surface area contributed by atoms with Gasteiger partial charge in [-0.25, -0.2) is 9.50 Å². The molecule has 3 aromatic rings. The number of nitrogens with one attached hydrogen (secondary N) is 1. The Morgan fingerprint density at radius 1 is 1.50 bits per heavy atom. The number of carbonyl (C=O) groups excluding carboxylic acids is 1. The Morgan fingerprint density at radius 2 is 2.35 bits per heavy atom. The molecule has 0 aliphatic rings. The van der Waals surface area contributed by atoms with E-state index in [1.165, 1.54) is 11.3 Å². The van der Waals surface area contributed by atoms with E-state index >= 15 is 0 Å². The molecule has 1 N–H and O–H groups in total. The van der Waals surface area contributed by atoms with Crippen LogP contribution in [0.3, 0.4) is 0 Å². The van der Waals surface area contributed by atoms with Crippen LogP contribution in [0.5, 0.6) is 0 Å². The Hall–Kier alpha value is -1.92. The minimum atomic E-state index is -0.173. The Balaban J connectivity index is 1.69. The van der Waals surface area contributed by atoms with Crippen LogP contribution in [-0.4, -0.2) is 20.5 Å². The number of rotatable bonds is 3. The molecule has 2 aromatic heterocycles. The zero-order valence-electron chi connectivity index (χ0n) is 10.6. The molecule has 0 bridgehead atoms. The number of nitrogens with zero attached hydrogens (tertiary/aromatic N) is 3. The van der Waals surface area contributed by atoms with Crippen molar-refractivity contribution in [3.05, 3.63) is 51.7 Å². The predicted molar refractivity (Wildman–Crippen MR) is 78.2 cm³/mol. The molecule has 7 heteroatoms. The van der Waals surface area contributed by atoms with Crippen LogP contribution in [0, 0.1) is 6.92 Å². The van der Waals surface area contributed by atoms with Gasteiger partial charge in [-0.3, -0.25) is 4.79 Å². The maximum atomic E-state index is 12.0. The third kappa shape index (κ3) is 2.66. The fourth-order valence-electron chi connectivity index (χ4n) is 1.83. The van der Waals surface area contributed by atoms with Gasteiger partial charge in [-0.2, -0.15) is 5.10 Å². The highest BCUT2D eigenvalue weighted by atomic mass is 35.5. The van der Waals surface area contributed by atoms with Crippen molar-refractivity contribution in [3.8, 4) is 0 Å². The van der Waals surface area contributed by atoms with E-state index in [2.05, 4.69) is 15.4 Å². The minimum absolute atomic E-state index is 0.173. The maximum Gasteiger partial charge on any atom is 0.251 e. The van der Waals surface area contributed by atoms with Crippen molar-refractivity contribution < 1.29 is 4.79 Å². The summed E-state index contributed by atoms with van der Waals surface area (Å²) in [4.78, 5) is 17.2. The molecule has 0 fully saturated rings. The molecule has 1 aromatic carbocycles. The summed E-state index contributed by atoms with van der Waals surface area (Å²) >= 11 is 7.37. The number of benzene rings is 1. The van der Waals surface area contributed by atoms with Crippen LogP contribution in [0.25, 0.3) is 4.96 Å². The summed E-state index contributed by atoms with van der Waals surface area (Å²) < 4.78 is 1.72. The maximum absolute atomic E-state index is 12.0. The SMILES string of the molecule is Cc1nn2cc(CNC(=O)c3cccc(Cl)c3)nc2s1. The lowest BCUT2D eigenvalue weighted by atomic mass is 10.2. The standard InChI is InChI=1S/C13H11ClN4OS/c1-8-17-18-7-11(16-13(18)20-8)6-15-12(19)9-3-2-4-10(14)5-9/h2-5,7H,6H2,1H3,(H,15,19). The normalized spacial score (nSPS) is 10.9. The van der Waals surface area contributed by atoms with Gasteiger partial charge < -0.3 is 5.32 Å². The fraction of sp³-hybridized carbons (Fsp3) is 0.154. The van der Waals surface area contributed by atoms with Gasteiger partial charge in [0, 0.05) is 10.6 Å². The van der Waals surface area contributed by atoms with Crippen molar-refractivity contribution in [2.24, 2.45) is 0 Å². The highest BCUT2D eigenvalue weighted by molar-refractivity contribution is 7.16. The Bertz CT molecular complexity index is 748. The second kappa shape index (κ2) is 5.22. The molecule has 0 aliphatic heterocycles. The molecule has 0 atom stereocenters. The second-order valence-electron chi connectivity index (χ2n) is 4.27. The first-order valence-corrected chi connectivity index (χ1v) is 7.17. The summed E-state index contributed by atoms with van der Waals surface area (Å²) in [6.07, 6.45) is 1.82. The number of hydrogen-bond acceptors (Lipinski definition) is 4. The summed E-state index contributed by atoms with van der Waals surface area (Å²) in [7, 11) is 0. The molecule has 0 radical (unpaired) electrons. The molecule has 0 unspecified atom stereocenters.